The molecule has 0 aliphatic carbocycles. The molecule has 2 nitrogen and oxygen atoms in total. The van der Waals surface area contributed by atoms with E-state index in [0.717, 1.165) is 25.3 Å². The second-order valence-corrected chi connectivity index (χ2v) is 10.1. The van der Waals surface area contributed by atoms with Gasteiger partial charge in [-0.2, -0.15) is 0 Å². The second-order valence-electron chi connectivity index (χ2n) is 10.1. The summed E-state index contributed by atoms with van der Waals surface area (Å²) in [6.45, 7) is 7.88. The molecule has 1 rings (SSSR count). The zero-order chi connectivity index (χ0) is 21.9. The maximum Gasteiger partial charge on any atom is 0.222 e. The molecule has 2 heteroatoms. The van der Waals surface area contributed by atoms with Gasteiger partial charge in [0.2, 0.25) is 5.91 Å². The van der Waals surface area contributed by atoms with E-state index in [9.17, 15) is 4.79 Å². The Hall–Kier alpha value is -0.530. The van der Waals surface area contributed by atoms with E-state index in [1.54, 1.807) is 0 Å². The molecule has 30 heavy (non-hydrogen) atoms. The van der Waals surface area contributed by atoms with E-state index in [4.69, 9.17) is 0 Å². The minimum absolute atomic E-state index is 0.389. The van der Waals surface area contributed by atoms with Crippen LogP contribution in [0.3, 0.4) is 0 Å². The van der Waals surface area contributed by atoms with Gasteiger partial charge in [-0.3, -0.25) is 4.79 Å². The molecule has 0 bridgehead atoms. The van der Waals surface area contributed by atoms with Crippen LogP contribution in [0.25, 0.3) is 0 Å². The lowest BCUT2D eigenvalue weighted by Crippen LogP contribution is -2.35. The Bertz CT molecular complexity index is 394. The Morgan fingerprint density at radius 3 is 1.60 bits per heavy atom. The van der Waals surface area contributed by atoms with E-state index in [0.29, 0.717) is 11.9 Å². The van der Waals surface area contributed by atoms with Crippen molar-refractivity contribution < 1.29 is 4.79 Å². The lowest BCUT2D eigenvalue weighted by molar-refractivity contribution is -0.129. The minimum atomic E-state index is 0.389. The van der Waals surface area contributed by atoms with Crippen LogP contribution in [0.1, 0.15) is 156 Å². The van der Waals surface area contributed by atoms with Crippen molar-refractivity contribution in [2.75, 3.05) is 6.54 Å². The molecule has 0 aromatic carbocycles. The van der Waals surface area contributed by atoms with Gasteiger partial charge in [-0.1, -0.05) is 129 Å². The van der Waals surface area contributed by atoms with Gasteiger partial charge in [0, 0.05) is 19.0 Å². The van der Waals surface area contributed by atoms with Gasteiger partial charge < -0.3 is 4.90 Å². The van der Waals surface area contributed by atoms with E-state index in [2.05, 4.69) is 25.7 Å². The van der Waals surface area contributed by atoms with Crippen LogP contribution in [-0.4, -0.2) is 23.4 Å². The number of carbonyl (C=O) groups excluding carboxylic acids is 1. The molecular formula is C28H55NO. The summed E-state index contributed by atoms with van der Waals surface area (Å²) in [6.07, 6.45) is 28.7. The largest absolute Gasteiger partial charge is 0.340 e. The average molecular weight is 422 g/mol. The van der Waals surface area contributed by atoms with Gasteiger partial charge in [-0.25, -0.2) is 0 Å². The first-order chi connectivity index (χ1) is 14.7. The van der Waals surface area contributed by atoms with Crippen LogP contribution >= 0.6 is 0 Å². The summed E-state index contributed by atoms with van der Waals surface area (Å²) < 4.78 is 0. The van der Waals surface area contributed by atoms with Crippen molar-refractivity contribution in [2.45, 2.75) is 162 Å². The lowest BCUT2D eigenvalue weighted by Gasteiger charge is -2.28. The molecule has 0 saturated carbocycles. The van der Waals surface area contributed by atoms with Crippen LogP contribution in [0.2, 0.25) is 0 Å². The van der Waals surface area contributed by atoms with Gasteiger partial charge in [0.1, 0.15) is 0 Å². The van der Waals surface area contributed by atoms with Gasteiger partial charge in [0.15, 0.2) is 0 Å². The first-order valence-electron chi connectivity index (χ1n) is 14.0. The highest BCUT2D eigenvalue weighted by molar-refractivity contribution is 5.78. The molecule has 0 aromatic rings. The van der Waals surface area contributed by atoms with E-state index in [-0.39, 0.29) is 0 Å². The molecule has 178 valence electrons. The zero-order valence-corrected chi connectivity index (χ0v) is 21.1. The van der Waals surface area contributed by atoms with Crippen LogP contribution in [0.15, 0.2) is 0 Å². The summed E-state index contributed by atoms with van der Waals surface area (Å²) in [5.74, 6) is 1.19. The summed E-state index contributed by atoms with van der Waals surface area (Å²) in [7, 11) is 0. The maximum atomic E-state index is 11.9. The summed E-state index contributed by atoms with van der Waals surface area (Å²) in [5.41, 5.74) is 0. The fraction of sp³-hybridized carbons (Fsp3) is 0.964. The molecular weight excluding hydrogens is 366 g/mol. The maximum absolute atomic E-state index is 11.9. The summed E-state index contributed by atoms with van der Waals surface area (Å²) in [6, 6.07) is 0.450. The number of hydrogen-bond donors (Lipinski definition) is 0. The number of amides is 1. The third-order valence-electron chi connectivity index (χ3n) is 7.36. The molecule has 1 aliphatic rings. The van der Waals surface area contributed by atoms with Crippen LogP contribution in [-0.2, 0) is 4.79 Å². The normalized spacial score (nSPS) is 16.4. The Morgan fingerprint density at radius 1 is 0.733 bits per heavy atom. The Labute approximate surface area is 190 Å². The minimum Gasteiger partial charge on any atom is -0.340 e. The molecule has 1 saturated heterocycles. The fourth-order valence-electron chi connectivity index (χ4n) is 5.21. The predicted molar refractivity (Wildman–Crippen MR) is 133 cm³/mol. The fourth-order valence-corrected chi connectivity index (χ4v) is 5.21. The third kappa shape index (κ3) is 13.7. The molecule has 2 unspecified atom stereocenters. The van der Waals surface area contributed by atoms with Crippen LogP contribution in [0, 0.1) is 5.92 Å². The monoisotopic (exact) mass is 421 g/mol. The van der Waals surface area contributed by atoms with E-state index < -0.39 is 0 Å². The molecule has 2 atom stereocenters. The molecule has 0 aromatic heterocycles. The summed E-state index contributed by atoms with van der Waals surface area (Å²) in [4.78, 5) is 14.1. The molecule has 1 aliphatic heterocycles. The molecule has 0 spiro atoms. The smallest absolute Gasteiger partial charge is 0.222 e. The highest BCUT2D eigenvalue weighted by atomic mass is 16.2. The SMILES string of the molecule is CCCCCCCCCCCCCCCCCCC(CC)CC(C)N1CCCC1=O. The van der Waals surface area contributed by atoms with Crippen LogP contribution in [0.5, 0.6) is 0 Å². The van der Waals surface area contributed by atoms with E-state index in [1.807, 2.05) is 0 Å². The standard InChI is InChI=1S/C28H55NO/c1-4-6-7-8-9-10-11-12-13-14-15-16-17-18-19-20-22-27(5-2)25-26(3)29-24-21-23-28(29)30/h26-27H,4-25H2,1-3H3. The number of hydrogen-bond acceptors (Lipinski definition) is 1. The molecule has 0 radical (unpaired) electrons. The van der Waals surface area contributed by atoms with Gasteiger partial charge in [0.25, 0.3) is 0 Å². The quantitative estimate of drug-likeness (QED) is 0.169. The molecule has 0 N–H and O–H groups in total. The second kappa shape index (κ2) is 19.2. The van der Waals surface area contributed by atoms with Crippen molar-refractivity contribution in [3.8, 4) is 0 Å². The third-order valence-corrected chi connectivity index (χ3v) is 7.36. The number of unbranched alkanes of at least 4 members (excludes halogenated alkanes) is 15. The van der Waals surface area contributed by atoms with Crippen molar-refractivity contribution in [3.05, 3.63) is 0 Å². The van der Waals surface area contributed by atoms with Crippen molar-refractivity contribution in [3.63, 3.8) is 0 Å². The van der Waals surface area contributed by atoms with Crippen LogP contribution in [0.4, 0.5) is 0 Å². The highest BCUT2D eigenvalue weighted by Gasteiger charge is 2.26. The Kier molecular flexibility index (Phi) is 17.6. The first-order valence-corrected chi connectivity index (χ1v) is 14.0. The highest BCUT2D eigenvalue weighted by Crippen LogP contribution is 2.24. The van der Waals surface area contributed by atoms with Crippen molar-refractivity contribution in [1.82, 2.24) is 4.90 Å². The molecule has 1 amide bonds. The molecule has 1 heterocycles. The number of nitrogens with zero attached hydrogens (tertiary/aromatic N) is 1. The first kappa shape index (κ1) is 27.5. The van der Waals surface area contributed by atoms with Gasteiger partial charge in [-0.05, 0) is 25.7 Å². The van der Waals surface area contributed by atoms with Crippen molar-refractivity contribution in [1.29, 1.82) is 0 Å². The van der Waals surface area contributed by atoms with Gasteiger partial charge >= 0.3 is 0 Å². The number of rotatable bonds is 21. The Balaban J connectivity index is 1.85. The zero-order valence-electron chi connectivity index (χ0n) is 21.1. The summed E-state index contributed by atoms with van der Waals surface area (Å²) in [5, 5.41) is 0. The van der Waals surface area contributed by atoms with Crippen molar-refractivity contribution in [2.24, 2.45) is 5.92 Å². The Morgan fingerprint density at radius 2 is 1.20 bits per heavy atom. The van der Waals surface area contributed by atoms with Gasteiger partial charge in [-0.15, -0.1) is 0 Å². The average Bonchev–Trinajstić information content (AvgIpc) is 3.18. The topological polar surface area (TPSA) is 20.3 Å². The van der Waals surface area contributed by atoms with Crippen LogP contribution < -0.4 is 0 Å². The number of carbonyl (C=O) groups is 1. The number of likely N-dealkylation sites (tertiary alicyclic amines) is 1. The van der Waals surface area contributed by atoms with E-state index in [1.165, 1.54) is 122 Å². The van der Waals surface area contributed by atoms with Crippen molar-refractivity contribution >= 4 is 5.91 Å². The lowest BCUT2D eigenvalue weighted by atomic mass is 9.91. The predicted octanol–water partition coefficient (Wildman–Crippen LogP) is 9.07. The van der Waals surface area contributed by atoms with Gasteiger partial charge in [0.05, 0.1) is 0 Å². The van der Waals surface area contributed by atoms with E-state index >= 15 is 0 Å². The summed E-state index contributed by atoms with van der Waals surface area (Å²) >= 11 is 0. The molecule has 1 fully saturated rings.